The number of aliphatic carboxylic acids is 1. The molecule has 0 radical (unpaired) electrons. The highest BCUT2D eigenvalue weighted by Crippen LogP contribution is 2.34. The zero-order chi connectivity index (χ0) is 22.7. The van der Waals surface area contributed by atoms with Crippen LogP contribution >= 0.6 is 0 Å². The smallest absolute Gasteiger partial charge is 0.323 e. The molecule has 0 bridgehead atoms. The van der Waals surface area contributed by atoms with Crippen molar-refractivity contribution in [3.05, 3.63) is 95.2 Å². The SMILES string of the molecule is Cc1ccc2[nH]c(C(=O)N(CCc3ccccc3C)CC(=O)O)c(-c3ccccc3)c2c1. The molecule has 4 rings (SSSR count). The third-order valence-electron chi connectivity index (χ3n) is 5.76. The van der Waals surface area contributed by atoms with Gasteiger partial charge >= 0.3 is 5.97 Å². The molecule has 0 saturated carbocycles. The lowest BCUT2D eigenvalue weighted by atomic mass is 10.00. The van der Waals surface area contributed by atoms with E-state index in [1.54, 1.807) is 0 Å². The van der Waals surface area contributed by atoms with Gasteiger partial charge < -0.3 is 15.0 Å². The van der Waals surface area contributed by atoms with Crippen molar-refractivity contribution in [3.8, 4) is 11.1 Å². The van der Waals surface area contributed by atoms with E-state index in [0.29, 0.717) is 18.7 Å². The molecule has 4 aromatic rings. The van der Waals surface area contributed by atoms with E-state index in [1.165, 1.54) is 4.90 Å². The molecule has 5 heteroatoms. The predicted octanol–water partition coefficient (Wildman–Crippen LogP) is 5.22. The normalized spacial score (nSPS) is 10.9. The minimum atomic E-state index is -1.03. The summed E-state index contributed by atoms with van der Waals surface area (Å²) in [5.41, 5.74) is 6.32. The monoisotopic (exact) mass is 426 g/mol. The van der Waals surface area contributed by atoms with Gasteiger partial charge in [-0.05, 0) is 49.1 Å². The second kappa shape index (κ2) is 9.10. The van der Waals surface area contributed by atoms with Gasteiger partial charge in [-0.15, -0.1) is 0 Å². The summed E-state index contributed by atoms with van der Waals surface area (Å²) >= 11 is 0. The van der Waals surface area contributed by atoms with Gasteiger partial charge in [0.25, 0.3) is 5.91 Å². The Morgan fingerprint density at radius 1 is 0.938 bits per heavy atom. The maximum atomic E-state index is 13.7. The quantitative estimate of drug-likeness (QED) is 0.425. The van der Waals surface area contributed by atoms with Crippen molar-refractivity contribution in [3.63, 3.8) is 0 Å². The van der Waals surface area contributed by atoms with E-state index in [0.717, 1.165) is 38.7 Å². The van der Waals surface area contributed by atoms with E-state index >= 15 is 0 Å². The van der Waals surface area contributed by atoms with Gasteiger partial charge in [-0.1, -0.05) is 66.2 Å². The second-order valence-electron chi connectivity index (χ2n) is 8.09. The Labute approximate surface area is 187 Å². The van der Waals surface area contributed by atoms with Crippen molar-refractivity contribution in [2.75, 3.05) is 13.1 Å². The number of aryl methyl sites for hydroxylation is 2. The van der Waals surface area contributed by atoms with Gasteiger partial charge in [0.15, 0.2) is 0 Å². The molecule has 1 amide bonds. The van der Waals surface area contributed by atoms with Crippen LogP contribution in [0.2, 0.25) is 0 Å². The number of carbonyl (C=O) groups excluding carboxylic acids is 1. The zero-order valence-corrected chi connectivity index (χ0v) is 18.3. The Bertz CT molecular complexity index is 1270. The minimum absolute atomic E-state index is 0.311. The van der Waals surface area contributed by atoms with Crippen molar-refractivity contribution in [1.29, 1.82) is 0 Å². The standard InChI is InChI=1S/C27H26N2O3/c1-18-12-13-23-22(16-18)25(21-10-4-3-5-11-21)26(28-23)27(32)29(17-24(30)31)15-14-20-9-7-6-8-19(20)2/h3-13,16,28H,14-15,17H2,1-2H3,(H,30,31). The first-order valence-corrected chi connectivity index (χ1v) is 10.7. The fourth-order valence-corrected chi connectivity index (χ4v) is 4.09. The van der Waals surface area contributed by atoms with Crippen LogP contribution in [-0.4, -0.2) is 40.0 Å². The van der Waals surface area contributed by atoms with E-state index in [9.17, 15) is 14.7 Å². The number of amides is 1. The van der Waals surface area contributed by atoms with Gasteiger partial charge in [0.2, 0.25) is 0 Å². The highest BCUT2D eigenvalue weighted by molar-refractivity contribution is 6.10. The van der Waals surface area contributed by atoms with E-state index in [1.807, 2.05) is 80.6 Å². The van der Waals surface area contributed by atoms with E-state index in [-0.39, 0.29) is 12.5 Å². The van der Waals surface area contributed by atoms with Crippen molar-refractivity contribution in [2.24, 2.45) is 0 Å². The van der Waals surface area contributed by atoms with Crippen LogP contribution < -0.4 is 0 Å². The lowest BCUT2D eigenvalue weighted by Gasteiger charge is -2.21. The molecule has 1 aromatic heterocycles. The zero-order valence-electron chi connectivity index (χ0n) is 18.3. The number of nitrogens with one attached hydrogen (secondary N) is 1. The summed E-state index contributed by atoms with van der Waals surface area (Å²) < 4.78 is 0. The summed E-state index contributed by atoms with van der Waals surface area (Å²) in [5.74, 6) is -1.34. The number of hydrogen-bond acceptors (Lipinski definition) is 2. The number of benzene rings is 3. The number of carboxylic acid groups (broad SMARTS) is 1. The summed E-state index contributed by atoms with van der Waals surface area (Å²) in [6.45, 7) is 4.00. The van der Waals surface area contributed by atoms with E-state index in [2.05, 4.69) is 11.1 Å². The molecule has 0 aliphatic rings. The molecule has 1 heterocycles. The van der Waals surface area contributed by atoms with Gasteiger partial charge in [0.05, 0.1) is 0 Å². The number of hydrogen-bond donors (Lipinski definition) is 2. The fourth-order valence-electron chi connectivity index (χ4n) is 4.09. The number of H-pyrrole nitrogens is 1. The average Bonchev–Trinajstić information content (AvgIpc) is 3.16. The first kappa shape index (κ1) is 21.4. The van der Waals surface area contributed by atoms with Crippen LogP contribution in [0.25, 0.3) is 22.0 Å². The van der Waals surface area contributed by atoms with Crippen LogP contribution in [0, 0.1) is 13.8 Å². The van der Waals surface area contributed by atoms with Gasteiger partial charge in [0, 0.05) is 23.0 Å². The maximum Gasteiger partial charge on any atom is 0.323 e. The van der Waals surface area contributed by atoms with Gasteiger partial charge in [-0.3, -0.25) is 9.59 Å². The first-order valence-electron chi connectivity index (χ1n) is 10.7. The highest BCUT2D eigenvalue weighted by atomic mass is 16.4. The molecule has 0 aliphatic heterocycles. The summed E-state index contributed by atoms with van der Waals surface area (Å²) in [6, 6.07) is 23.7. The second-order valence-corrected chi connectivity index (χ2v) is 8.09. The van der Waals surface area contributed by atoms with Crippen molar-refractivity contribution in [1.82, 2.24) is 9.88 Å². The largest absolute Gasteiger partial charge is 0.480 e. The first-order chi connectivity index (χ1) is 15.4. The molecule has 0 atom stereocenters. The molecule has 5 nitrogen and oxygen atoms in total. The molecular formula is C27H26N2O3. The number of carbonyl (C=O) groups is 2. The third-order valence-corrected chi connectivity index (χ3v) is 5.76. The lowest BCUT2D eigenvalue weighted by Crippen LogP contribution is -2.37. The molecule has 2 N–H and O–H groups in total. The van der Waals surface area contributed by atoms with Crippen LogP contribution in [0.3, 0.4) is 0 Å². The highest BCUT2D eigenvalue weighted by Gasteiger charge is 2.25. The van der Waals surface area contributed by atoms with Gasteiger partial charge in [-0.25, -0.2) is 0 Å². The van der Waals surface area contributed by atoms with Gasteiger partial charge in [0.1, 0.15) is 12.2 Å². The van der Waals surface area contributed by atoms with Gasteiger partial charge in [-0.2, -0.15) is 0 Å². The molecule has 0 fully saturated rings. The van der Waals surface area contributed by atoms with Crippen molar-refractivity contribution >= 4 is 22.8 Å². The Kier molecular flexibility index (Phi) is 6.08. The maximum absolute atomic E-state index is 13.7. The Balaban J connectivity index is 1.75. The van der Waals surface area contributed by atoms with E-state index < -0.39 is 5.97 Å². The van der Waals surface area contributed by atoms with Crippen LogP contribution in [0.1, 0.15) is 27.2 Å². The molecule has 0 spiro atoms. The number of nitrogens with zero attached hydrogens (tertiary/aromatic N) is 1. The lowest BCUT2D eigenvalue weighted by molar-refractivity contribution is -0.137. The molecular weight excluding hydrogens is 400 g/mol. The Hall–Kier alpha value is -3.86. The molecule has 32 heavy (non-hydrogen) atoms. The summed E-state index contributed by atoms with van der Waals surface area (Å²) in [5, 5.41) is 10.4. The number of aromatic amines is 1. The summed E-state index contributed by atoms with van der Waals surface area (Å²) in [7, 11) is 0. The number of fused-ring (bicyclic) bond motifs is 1. The molecule has 0 saturated heterocycles. The number of aromatic nitrogens is 1. The number of rotatable bonds is 7. The van der Waals surface area contributed by atoms with E-state index in [4.69, 9.17) is 0 Å². The van der Waals surface area contributed by atoms with Crippen LogP contribution in [0.5, 0.6) is 0 Å². The number of carboxylic acids is 1. The third kappa shape index (κ3) is 4.42. The minimum Gasteiger partial charge on any atom is -0.480 e. The molecule has 0 unspecified atom stereocenters. The summed E-state index contributed by atoms with van der Waals surface area (Å²) in [6.07, 6.45) is 0.589. The fraction of sp³-hybridized carbons (Fsp3) is 0.185. The Morgan fingerprint density at radius 3 is 2.38 bits per heavy atom. The predicted molar refractivity (Wildman–Crippen MR) is 127 cm³/mol. The topological polar surface area (TPSA) is 73.4 Å². The average molecular weight is 427 g/mol. The summed E-state index contributed by atoms with van der Waals surface area (Å²) in [4.78, 5) is 29.9. The van der Waals surface area contributed by atoms with Crippen LogP contribution in [0.4, 0.5) is 0 Å². The van der Waals surface area contributed by atoms with Crippen LogP contribution in [-0.2, 0) is 11.2 Å². The van der Waals surface area contributed by atoms with Crippen molar-refractivity contribution in [2.45, 2.75) is 20.3 Å². The Morgan fingerprint density at radius 2 is 1.66 bits per heavy atom. The van der Waals surface area contributed by atoms with Crippen molar-refractivity contribution < 1.29 is 14.7 Å². The molecule has 3 aromatic carbocycles. The molecule has 162 valence electrons. The van der Waals surface area contributed by atoms with Crippen LogP contribution in [0.15, 0.2) is 72.8 Å². The molecule has 0 aliphatic carbocycles.